The van der Waals surface area contributed by atoms with E-state index in [0.717, 1.165) is 70.6 Å². The number of carbonyl (C=O) groups is 3. The van der Waals surface area contributed by atoms with Gasteiger partial charge in [0.15, 0.2) is 6.10 Å². The van der Waals surface area contributed by atoms with Crippen LogP contribution in [0.2, 0.25) is 0 Å². The zero-order valence-electron chi connectivity index (χ0n) is 47.3. The monoisotopic (exact) mass is 985 g/mol. The van der Waals surface area contributed by atoms with Crippen molar-refractivity contribution in [2.24, 2.45) is 0 Å². The fourth-order valence-electron chi connectivity index (χ4n) is 9.44. The fraction of sp³-hybridized carbons (Fsp3) is 0.891. The van der Waals surface area contributed by atoms with Crippen LogP contribution in [0.3, 0.4) is 0 Å². The Balaban J connectivity index is 4.12. The van der Waals surface area contributed by atoms with Gasteiger partial charge >= 0.3 is 17.9 Å². The van der Waals surface area contributed by atoms with Crippen molar-refractivity contribution in [3.05, 3.63) is 24.3 Å². The molecule has 0 fully saturated rings. The number of unbranched alkanes of at least 4 members (excludes halogenated alkanes) is 43. The smallest absolute Gasteiger partial charge is 0.306 e. The highest BCUT2D eigenvalue weighted by Crippen LogP contribution is 2.18. The van der Waals surface area contributed by atoms with E-state index in [4.69, 9.17) is 14.2 Å². The van der Waals surface area contributed by atoms with Crippen molar-refractivity contribution < 1.29 is 28.6 Å². The summed E-state index contributed by atoms with van der Waals surface area (Å²) in [6.07, 6.45) is 70.6. The first-order valence-corrected chi connectivity index (χ1v) is 31.3. The second-order valence-electron chi connectivity index (χ2n) is 21.3. The van der Waals surface area contributed by atoms with Crippen molar-refractivity contribution in [3.63, 3.8) is 0 Å². The van der Waals surface area contributed by atoms with Crippen LogP contribution in [0.25, 0.3) is 0 Å². The van der Waals surface area contributed by atoms with Gasteiger partial charge < -0.3 is 14.2 Å². The summed E-state index contributed by atoms with van der Waals surface area (Å²) >= 11 is 0. The molecule has 70 heavy (non-hydrogen) atoms. The molecule has 0 bridgehead atoms. The van der Waals surface area contributed by atoms with E-state index in [0.29, 0.717) is 19.3 Å². The Morgan fingerprint density at radius 1 is 0.271 bits per heavy atom. The first kappa shape index (κ1) is 67.9. The summed E-state index contributed by atoms with van der Waals surface area (Å²) in [4.78, 5) is 38.1. The highest BCUT2D eigenvalue weighted by Gasteiger charge is 2.19. The minimum atomic E-state index is -0.769. The molecule has 0 amide bonds. The van der Waals surface area contributed by atoms with Crippen molar-refractivity contribution in [3.8, 4) is 0 Å². The van der Waals surface area contributed by atoms with Crippen molar-refractivity contribution in [2.45, 2.75) is 354 Å². The molecule has 0 aliphatic rings. The lowest BCUT2D eigenvalue weighted by Crippen LogP contribution is -2.30. The minimum Gasteiger partial charge on any atom is -0.462 e. The number of esters is 3. The van der Waals surface area contributed by atoms with E-state index in [9.17, 15) is 14.4 Å². The molecule has 412 valence electrons. The quantitative estimate of drug-likeness (QED) is 0.0261. The van der Waals surface area contributed by atoms with Crippen LogP contribution in [0.4, 0.5) is 0 Å². The van der Waals surface area contributed by atoms with Crippen LogP contribution in [-0.2, 0) is 28.6 Å². The van der Waals surface area contributed by atoms with E-state index in [1.807, 2.05) is 0 Å². The highest BCUT2D eigenvalue weighted by molar-refractivity contribution is 5.71. The minimum absolute atomic E-state index is 0.0687. The van der Waals surface area contributed by atoms with Crippen LogP contribution in [0.5, 0.6) is 0 Å². The first-order valence-electron chi connectivity index (χ1n) is 31.3. The Kier molecular flexibility index (Phi) is 57.7. The summed E-state index contributed by atoms with van der Waals surface area (Å²) < 4.78 is 16.9. The zero-order valence-corrected chi connectivity index (χ0v) is 47.3. The molecule has 0 radical (unpaired) electrons. The average molecular weight is 986 g/mol. The molecular formula is C64H120O6. The molecule has 0 N–H and O–H groups in total. The first-order chi connectivity index (χ1) is 34.5. The van der Waals surface area contributed by atoms with Crippen molar-refractivity contribution in [1.29, 1.82) is 0 Å². The van der Waals surface area contributed by atoms with Crippen molar-refractivity contribution in [1.82, 2.24) is 0 Å². The van der Waals surface area contributed by atoms with E-state index in [-0.39, 0.29) is 31.1 Å². The van der Waals surface area contributed by atoms with E-state index < -0.39 is 6.10 Å². The second kappa shape index (κ2) is 59.5. The maximum absolute atomic E-state index is 12.8. The van der Waals surface area contributed by atoms with Crippen LogP contribution in [0, 0.1) is 0 Å². The van der Waals surface area contributed by atoms with Gasteiger partial charge in [-0.3, -0.25) is 14.4 Å². The van der Waals surface area contributed by atoms with Crippen LogP contribution in [0.15, 0.2) is 24.3 Å². The topological polar surface area (TPSA) is 78.9 Å². The normalized spacial score (nSPS) is 12.1. The molecule has 0 aromatic rings. The van der Waals surface area contributed by atoms with Gasteiger partial charge in [0.2, 0.25) is 0 Å². The summed E-state index contributed by atoms with van der Waals surface area (Å²) in [5, 5.41) is 0. The summed E-state index contributed by atoms with van der Waals surface area (Å²) in [5.74, 6) is -0.858. The average Bonchev–Trinajstić information content (AvgIpc) is 3.36. The Labute approximate surface area is 436 Å². The molecule has 0 aromatic carbocycles. The van der Waals surface area contributed by atoms with Gasteiger partial charge in [0, 0.05) is 19.3 Å². The predicted molar refractivity (Wildman–Crippen MR) is 303 cm³/mol. The molecule has 0 saturated heterocycles. The highest BCUT2D eigenvalue weighted by atomic mass is 16.6. The molecule has 1 atom stereocenters. The third-order valence-electron chi connectivity index (χ3n) is 14.2. The van der Waals surface area contributed by atoms with E-state index in [1.165, 1.54) is 238 Å². The standard InChI is InChI=1S/C64H120O6/c1-4-7-10-13-16-19-22-24-26-27-28-29-30-31-32-33-34-35-36-37-39-40-42-45-48-51-54-57-63(66)69-60-61(59-68-62(65)56-53-50-47-44-21-18-15-12-9-6-3)70-64(67)58-55-52-49-46-43-41-38-25-23-20-17-14-11-8-5-2/h12,15,27-28,61H,4-11,13-14,16-26,29-60H2,1-3H3/b15-12-,28-27-. The van der Waals surface area contributed by atoms with Gasteiger partial charge in [0.05, 0.1) is 0 Å². The van der Waals surface area contributed by atoms with Gasteiger partial charge in [-0.05, 0) is 64.2 Å². The van der Waals surface area contributed by atoms with Crippen LogP contribution >= 0.6 is 0 Å². The third-order valence-corrected chi connectivity index (χ3v) is 14.2. The summed E-state index contributed by atoms with van der Waals surface area (Å²) in [5.41, 5.74) is 0. The van der Waals surface area contributed by atoms with Crippen LogP contribution < -0.4 is 0 Å². The van der Waals surface area contributed by atoms with Gasteiger partial charge in [-0.15, -0.1) is 0 Å². The SMILES string of the molecule is CCC/C=C\CCCCCCCC(=O)OCC(COC(=O)CCCCCCCCCCCCCCCCC/C=C\CCCCCCCCCC)OC(=O)CCCCCCCCCCCCCCCCC. The lowest BCUT2D eigenvalue weighted by Gasteiger charge is -2.18. The van der Waals surface area contributed by atoms with Crippen molar-refractivity contribution >= 4 is 17.9 Å². The Morgan fingerprint density at radius 3 is 0.771 bits per heavy atom. The number of hydrogen-bond acceptors (Lipinski definition) is 6. The van der Waals surface area contributed by atoms with E-state index >= 15 is 0 Å². The molecular weight excluding hydrogens is 865 g/mol. The maximum atomic E-state index is 12.8. The lowest BCUT2D eigenvalue weighted by molar-refractivity contribution is -0.167. The predicted octanol–water partition coefficient (Wildman–Crippen LogP) is 21.1. The Bertz CT molecular complexity index is 1130. The number of allylic oxidation sites excluding steroid dienone is 4. The van der Waals surface area contributed by atoms with E-state index in [1.54, 1.807) is 0 Å². The Hall–Kier alpha value is -2.11. The number of ether oxygens (including phenoxy) is 3. The van der Waals surface area contributed by atoms with Crippen LogP contribution in [0.1, 0.15) is 348 Å². The lowest BCUT2D eigenvalue weighted by atomic mass is 10.0. The molecule has 6 nitrogen and oxygen atoms in total. The second-order valence-corrected chi connectivity index (χ2v) is 21.3. The molecule has 0 spiro atoms. The molecule has 0 aliphatic carbocycles. The number of hydrogen-bond donors (Lipinski definition) is 0. The number of rotatable bonds is 58. The molecule has 0 rings (SSSR count). The molecule has 0 saturated carbocycles. The summed E-state index contributed by atoms with van der Waals surface area (Å²) in [6, 6.07) is 0. The maximum Gasteiger partial charge on any atom is 0.306 e. The van der Waals surface area contributed by atoms with Crippen LogP contribution in [-0.4, -0.2) is 37.2 Å². The van der Waals surface area contributed by atoms with E-state index in [2.05, 4.69) is 45.1 Å². The van der Waals surface area contributed by atoms with Crippen molar-refractivity contribution in [2.75, 3.05) is 13.2 Å². The molecule has 0 heterocycles. The van der Waals surface area contributed by atoms with Gasteiger partial charge in [0.1, 0.15) is 13.2 Å². The molecule has 0 aromatic heterocycles. The molecule has 0 aliphatic heterocycles. The van der Waals surface area contributed by atoms with Gasteiger partial charge in [-0.25, -0.2) is 0 Å². The van der Waals surface area contributed by atoms with Gasteiger partial charge in [0.25, 0.3) is 0 Å². The fourth-order valence-corrected chi connectivity index (χ4v) is 9.44. The molecule has 1 unspecified atom stereocenters. The Morgan fingerprint density at radius 2 is 0.500 bits per heavy atom. The summed E-state index contributed by atoms with van der Waals surface area (Å²) in [7, 11) is 0. The largest absolute Gasteiger partial charge is 0.462 e. The molecule has 6 heteroatoms. The van der Waals surface area contributed by atoms with Gasteiger partial charge in [-0.2, -0.15) is 0 Å². The third kappa shape index (κ3) is 56.8. The summed E-state index contributed by atoms with van der Waals surface area (Å²) in [6.45, 7) is 6.63. The number of carbonyl (C=O) groups excluding carboxylic acids is 3. The zero-order chi connectivity index (χ0) is 50.7. The van der Waals surface area contributed by atoms with Gasteiger partial charge in [-0.1, -0.05) is 289 Å².